The second kappa shape index (κ2) is 9.92. The highest BCUT2D eigenvalue weighted by molar-refractivity contribution is 5.97. The van der Waals surface area contributed by atoms with Gasteiger partial charge in [-0.1, -0.05) is 19.3 Å². The average Bonchev–Trinajstić information content (AvgIpc) is 2.74. The van der Waals surface area contributed by atoms with Gasteiger partial charge in [0, 0.05) is 25.4 Å². The highest BCUT2D eigenvalue weighted by Gasteiger charge is 2.40. The Labute approximate surface area is 167 Å². The first-order valence-corrected chi connectivity index (χ1v) is 10.6. The second-order valence-electron chi connectivity index (χ2n) is 7.70. The third-order valence-electron chi connectivity index (χ3n) is 5.68. The van der Waals surface area contributed by atoms with Gasteiger partial charge in [-0.05, 0) is 63.3 Å². The van der Waals surface area contributed by atoms with Gasteiger partial charge >= 0.3 is 0 Å². The molecule has 154 valence electrons. The lowest BCUT2D eigenvalue weighted by atomic mass is 9.83. The number of anilines is 1. The van der Waals surface area contributed by atoms with Gasteiger partial charge in [-0.3, -0.25) is 9.59 Å². The smallest absolute Gasteiger partial charge is 0.260 e. The molecule has 0 spiro atoms. The monoisotopic (exact) mass is 388 g/mol. The normalized spacial score (nSPS) is 19.1. The van der Waals surface area contributed by atoms with Crippen molar-refractivity contribution in [3.8, 4) is 5.75 Å². The van der Waals surface area contributed by atoms with Crippen molar-refractivity contribution in [1.82, 2.24) is 4.90 Å². The molecule has 2 fully saturated rings. The summed E-state index contributed by atoms with van der Waals surface area (Å²) in [6.07, 6.45) is 8.08. The van der Waals surface area contributed by atoms with Crippen LogP contribution in [-0.4, -0.2) is 48.6 Å². The Hall–Kier alpha value is -2.08. The fraction of sp³-hybridized carbons (Fsp3) is 0.636. The van der Waals surface area contributed by atoms with Crippen LogP contribution >= 0.6 is 0 Å². The number of amides is 2. The van der Waals surface area contributed by atoms with E-state index in [9.17, 15) is 9.59 Å². The van der Waals surface area contributed by atoms with Gasteiger partial charge in [0.15, 0.2) is 6.61 Å². The summed E-state index contributed by atoms with van der Waals surface area (Å²) >= 11 is 0. The fourth-order valence-corrected chi connectivity index (χ4v) is 4.10. The highest BCUT2D eigenvalue weighted by Crippen LogP contribution is 2.33. The molecule has 0 radical (unpaired) electrons. The molecule has 1 heterocycles. The second-order valence-corrected chi connectivity index (χ2v) is 7.70. The highest BCUT2D eigenvalue weighted by atomic mass is 16.5. The van der Waals surface area contributed by atoms with Crippen LogP contribution in [0.5, 0.6) is 5.75 Å². The van der Waals surface area contributed by atoms with Crippen LogP contribution in [0, 0.1) is 0 Å². The van der Waals surface area contributed by atoms with E-state index in [1.807, 2.05) is 11.8 Å². The van der Waals surface area contributed by atoms with Crippen LogP contribution in [0.25, 0.3) is 0 Å². The number of nitrogens with one attached hydrogen (secondary N) is 1. The lowest BCUT2D eigenvalue weighted by Crippen LogP contribution is -2.47. The molecule has 1 saturated heterocycles. The van der Waals surface area contributed by atoms with Gasteiger partial charge in [-0.2, -0.15) is 0 Å². The van der Waals surface area contributed by atoms with Crippen molar-refractivity contribution in [3.63, 3.8) is 0 Å². The maximum Gasteiger partial charge on any atom is 0.260 e. The van der Waals surface area contributed by atoms with Gasteiger partial charge in [0.1, 0.15) is 11.4 Å². The minimum atomic E-state index is -0.705. The molecule has 1 aromatic carbocycles. The standard InChI is InChI=1S/C22H32N2O4/c1-2-28-22(13-5-3-6-14-22)21(26)23-18-9-11-19(12-10-18)27-17-20(25)24-15-7-4-8-16-24/h9-12H,2-8,13-17H2,1H3,(H,23,26). The fourth-order valence-electron chi connectivity index (χ4n) is 4.10. The molecule has 2 aliphatic rings. The third-order valence-corrected chi connectivity index (χ3v) is 5.68. The zero-order chi connectivity index (χ0) is 19.8. The van der Waals surface area contributed by atoms with E-state index >= 15 is 0 Å². The Morgan fingerprint density at radius 2 is 1.64 bits per heavy atom. The first kappa shape index (κ1) is 20.6. The number of likely N-dealkylation sites (tertiary alicyclic amines) is 1. The molecule has 3 rings (SSSR count). The zero-order valence-electron chi connectivity index (χ0n) is 16.9. The molecule has 0 aromatic heterocycles. The van der Waals surface area contributed by atoms with E-state index in [2.05, 4.69) is 5.32 Å². The van der Waals surface area contributed by atoms with Gasteiger partial charge in [0.25, 0.3) is 11.8 Å². The summed E-state index contributed by atoms with van der Waals surface area (Å²) in [6.45, 7) is 4.18. The quantitative estimate of drug-likeness (QED) is 0.772. The van der Waals surface area contributed by atoms with Gasteiger partial charge < -0.3 is 19.7 Å². The molecule has 0 bridgehead atoms. The summed E-state index contributed by atoms with van der Waals surface area (Å²) < 4.78 is 11.5. The number of ether oxygens (including phenoxy) is 2. The number of hydrogen-bond acceptors (Lipinski definition) is 4. The molecule has 1 saturated carbocycles. The molecular formula is C22H32N2O4. The number of benzene rings is 1. The van der Waals surface area contributed by atoms with Crippen molar-refractivity contribution in [2.75, 3.05) is 31.6 Å². The zero-order valence-corrected chi connectivity index (χ0v) is 16.9. The van der Waals surface area contributed by atoms with E-state index in [0.29, 0.717) is 18.0 Å². The number of nitrogens with zero attached hydrogens (tertiary/aromatic N) is 1. The number of rotatable bonds is 7. The summed E-state index contributed by atoms with van der Waals surface area (Å²) in [4.78, 5) is 26.9. The van der Waals surface area contributed by atoms with E-state index in [0.717, 1.165) is 58.0 Å². The molecule has 1 N–H and O–H groups in total. The van der Waals surface area contributed by atoms with Crippen molar-refractivity contribution in [2.24, 2.45) is 0 Å². The van der Waals surface area contributed by atoms with Crippen molar-refractivity contribution >= 4 is 17.5 Å². The first-order chi connectivity index (χ1) is 13.6. The largest absolute Gasteiger partial charge is 0.484 e. The molecule has 6 heteroatoms. The summed E-state index contributed by atoms with van der Waals surface area (Å²) in [5.41, 5.74) is 0.00704. The lowest BCUT2D eigenvalue weighted by Gasteiger charge is -2.35. The van der Waals surface area contributed by atoms with Crippen molar-refractivity contribution in [1.29, 1.82) is 0 Å². The predicted molar refractivity (Wildman–Crippen MR) is 108 cm³/mol. The molecule has 2 amide bonds. The Kier molecular flexibility index (Phi) is 7.31. The summed E-state index contributed by atoms with van der Waals surface area (Å²) in [7, 11) is 0. The molecule has 1 aliphatic heterocycles. The van der Waals surface area contributed by atoms with Crippen LogP contribution < -0.4 is 10.1 Å². The van der Waals surface area contributed by atoms with Gasteiger partial charge in [-0.15, -0.1) is 0 Å². The van der Waals surface area contributed by atoms with E-state index in [-0.39, 0.29) is 18.4 Å². The van der Waals surface area contributed by atoms with Crippen LogP contribution in [0.4, 0.5) is 5.69 Å². The van der Waals surface area contributed by atoms with E-state index in [1.165, 1.54) is 6.42 Å². The van der Waals surface area contributed by atoms with Crippen molar-refractivity contribution in [2.45, 2.75) is 63.9 Å². The molecule has 1 aliphatic carbocycles. The average molecular weight is 389 g/mol. The summed E-state index contributed by atoms with van der Waals surface area (Å²) in [6, 6.07) is 7.18. The van der Waals surface area contributed by atoms with Crippen LogP contribution in [0.1, 0.15) is 58.3 Å². The Balaban J connectivity index is 1.52. The first-order valence-electron chi connectivity index (χ1n) is 10.6. The topological polar surface area (TPSA) is 67.9 Å². The number of carbonyl (C=O) groups excluding carboxylic acids is 2. The lowest BCUT2D eigenvalue weighted by molar-refractivity contribution is -0.145. The number of piperidine rings is 1. The molecule has 1 aromatic rings. The number of hydrogen-bond donors (Lipinski definition) is 1. The van der Waals surface area contributed by atoms with Crippen molar-refractivity contribution in [3.05, 3.63) is 24.3 Å². The van der Waals surface area contributed by atoms with Gasteiger partial charge in [-0.25, -0.2) is 0 Å². The van der Waals surface area contributed by atoms with Gasteiger partial charge in [0.2, 0.25) is 0 Å². The van der Waals surface area contributed by atoms with Crippen LogP contribution in [0.2, 0.25) is 0 Å². The van der Waals surface area contributed by atoms with Crippen LogP contribution in [0.3, 0.4) is 0 Å². The maximum atomic E-state index is 12.8. The molecule has 0 unspecified atom stereocenters. The van der Waals surface area contributed by atoms with E-state index in [1.54, 1.807) is 24.3 Å². The molecule has 28 heavy (non-hydrogen) atoms. The van der Waals surface area contributed by atoms with E-state index in [4.69, 9.17) is 9.47 Å². The molecular weight excluding hydrogens is 356 g/mol. The summed E-state index contributed by atoms with van der Waals surface area (Å²) in [5.74, 6) is 0.594. The maximum absolute atomic E-state index is 12.8. The Morgan fingerprint density at radius 3 is 2.29 bits per heavy atom. The van der Waals surface area contributed by atoms with Gasteiger partial charge in [0.05, 0.1) is 0 Å². The van der Waals surface area contributed by atoms with Crippen LogP contribution in [0.15, 0.2) is 24.3 Å². The minimum Gasteiger partial charge on any atom is -0.484 e. The van der Waals surface area contributed by atoms with Crippen molar-refractivity contribution < 1.29 is 19.1 Å². The third kappa shape index (κ3) is 5.25. The summed E-state index contributed by atoms with van der Waals surface area (Å²) in [5, 5.41) is 2.99. The predicted octanol–water partition coefficient (Wildman–Crippen LogP) is 3.76. The number of carbonyl (C=O) groups is 2. The Bertz CT molecular complexity index is 641. The minimum absolute atomic E-state index is 0.0352. The van der Waals surface area contributed by atoms with Crippen LogP contribution in [-0.2, 0) is 14.3 Å². The van der Waals surface area contributed by atoms with E-state index < -0.39 is 5.60 Å². The SMILES string of the molecule is CCOC1(C(=O)Nc2ccc(OCC(=O)N3CCCCC3)cc2)CCCCC1. The Morgan fingerprint density at radius 1 is 1.00 bits per heavy atom. The molecule has 6 nitrogen and oxygen atoms in total. The molecule has 0 atom stereocenters.